The van der Waals surface area contributed by atoms with Crippen LogP contribution in [0.3, 0.4) is 0 Å². The minimum absolute atomic E-state index is 0.283. The van der Waals surface area contributed by atoms with Gasteiger partial charge in [-0.05, 0) is 43.9 Å². The van der Waals surface area contributed by atoms with E-state index in [4.69, 9.17) is 9.31 Å². The molecule has 0 bridgehead atoms. The molecule has 2 aromatic rings. The van der Waals surface area contributed by atoms with E-state index in [2.05, 4.69) is 50.9 Å². The Balaban J connectivity index is 1.96. The molecule has 1 fully saturated rings. The van der Waals surface area contributed by atoms with E-state index < -0.39 is 0 Å². The van der Waals surface area contributed by atoms with E-state index in [1.165, 1.54) is 10.8 Å². The molecular weight excluding hydrogens is 225 g/mol. The highest BCUT2D eigenvalue weighted by molar-refractivity contribution is 6.62. The third-order valence-corrected chi connectivity index (χ3v) is 4.11. The van der Waals surface area contributed by atoms with Gasteiger partial charge in [-0.1, -0.05) is 18.2 Å². The standard InChI is InChI=1S/C14H18BNO2/c1-13(2)14(3,4)18-15(17-13)12-6-5-10-8-16-9-11(10)7-12/h5-9,16H,1-4H3. The molecule has 3 rings (SSSR count). The Morgan fingerprint density at radius 2 is 1.56 bits per heavy atom. The van der Waals surface area contributed by atoms with Crippen LogP contribution in [0.1, 0.15) is 27.7 Å². The Hall–Kier alpha value is -1.26. The average Bonchev–Trinajstić information content (AvgIpc) is 2.80. The fourth-order valence-electron chi connectivity index (χ4n) is 2.20. The third-order valence-electron chi connectivity index (χ3n) is 4.11. The second-order valence-electron chi connectivity index (χ2n) is 5.93. The number of rotatable bonds is 1. The number of H-pyrrole nitrogens is 1. The molecule has 3 nitrogen and oxygen atoms in total. The zero-order chi connectivity index (χ0) is 13.0. The lowest BCUT2D eigenvalue weighted by Gasteiger charge is -2.32. The molecule has 4 heteroatoms. The van der Waals surface area contributed by atoms with Gasteiger partial charge in [0.15, 0.2) is 0 Å². The highest BCUT2D eigenvalue weighted by atomic mass is 16.7. The van der Waals surface area contributed by atoms with Gasteiger partial charge in [0.05, 0.1) is 11.2 Å². The summed E-state index contributed by atoms with van der Waals surface area (Å²) >= 11 is 0. The van der Waals surface area contributed by atoms with Crippen LogP contribution < -0.4 is 5.46 Å². The van der Waals surface area contributed by atoms with E-state index >= 15 is 0 Å². The van der Waals surface area contributed by atoms with Gasteiger partial charge in [-0.3, -0.25) is 0 Å². The van der Waals surface area contributed by atoms with E-state index in [-0.39, 0.29) is 18.3 Å². The number of benzene rings is 1. The molecule has 1 aliphatic heterocycles. The van der Waals surface area contributed by atoms with Crippen molar-refractivity contribution in [1.82, 2.24) is 4.98 Å². The zero-order valence-electron chi connectivity index (χ0n) is 11.3. The molecule has 1 N–H and O–H groups in total. The number of hydrogen-bond donors (Lipinski definition) is 1. The van der Waals surface area contributed by atoms with Crippen molar-refractivity contribution in [1.29, 1.82) is 0 Å². The first kappa shape index (κ1) is 11.8. The molecule has 0 amide bonds. The summed E-state index contributed by atoms with van der Waals surface area (Å²) in [6, 6.07) is 6.28. The van der Waals surface area contributed by atoms with Gasteiger partial charge >= 0.3 is 7.12 Å². The lowest BCUT2D eigenvalue weighted by atomic mass is 9.78. The highest BCUT2D eigenvalue weighted by Gasteiger charge is 2.51. The van der Waals surface area contributed by atoms with Crippen LogP contribution in [0.2, 0.25) is 0 Å². The molecule has 1 aromatic carbocycles. The van der Waals surface area contributed by atoms with E-state index in [1.807, 2.05) is 12.4 Å². The van der Waals surface area contributed by atoms with Crippen molar-refractivity contribution in [3.05, 3.63) is 30.6 Å². The Kier molecular flexibility index (Phi) is 2.38. The summed E-state index contributed by atoms with van der Waals surface area (Å²) < 4.78 is 12.1. The van der Waals surface area contributed by atoms with Gasteiger partial charge in [0.25, 0.3) is 0 Å². The minimum Gasteiger partial charge on any atom is -0.399 e. The molecule has 0 spiro atoms. The number of fused-ring (bicyclic) bond motifs is 1. The Bertz CT molecular complexity index is 572. The van der Waals surface area contributed by atoms with Crippen molar-refractivity contribution in [3.63, 3.8) is 0 Å². The second-order valence-corrected chi connectivity index (χ2v) is 5.93. The van der Waals surface area contributed by atoms with Crippen molar-refractivity contribution in [2.24, 2.45) is 0 Å². The number of hydrogen-bond acceptors (Lipinski definition) is 2. The molecule has 0 unspecified atom stereocenters. The Morgan fingerprint density at radius 1 is 0.944 bits per heavy atom. The maximum absolute atomic E-state index is 6.04. The molecule has 1 aromatic heterocycles. The third kappa shape index (κ3) is 1.68. The van der Waals surface area contributed by atoms with Crippen LogP contribution in [0, 0.1) is 0 Å². The number of aromatic amines is 1. The minimum atomic E-state index is -0.287. The van der Waals surface area contributed by atoms with Crippen molar-refractivity contribution in [2.45, 2.75) is 38.9 Å². The lowest BCUT2D eigenvalue weighted by molar-refractivity contribution is 0.00578. The Morgan fingerprint density at radius 3 is 2.22 bits per heavy atom. The largest absolute Gasteiger partial charge is 0.494 e. The average molecular weight is 243 g/mol. The maximum Gasteiger partial charge on any atom is 0.494 e. The molecular formula is C14H18BNO2. The van der Waals surface area contributed by atoms with Crippen LogP contribution in [0.15, 0.2) is 30.6 Å². The quantitative estimate of drug-likeness (QED) is 0.780. The van der Waals surface area contributed by atoms with Gasteiger partial charge in [0.2, 0.25) is 0 Å². The molecule has 1 saturated heterocycles. The number of nitrogens with one attached hydrogen (secondary N) is 1. The molecule has 0 radical (unpaired) electrons. The summed E-state index contributed by atoms with van der Waals surface area (Å²) in [5.74, 6) is 0. The summed E-state index contributed by atoms with van der Waals surface area (Å²) in [5, 5.41) is 2.39. The van der Waals surface area contributed by atoms with Gasteiger partial charge in [-0.15, -0.1) is 0 Å². The summed E-state index contributed by atoms with van der Waals surface area (Å²) in [7, 11) is -0.283. The van der Waals surface area contributed by atoms with Crippen molar-refractivity contribution < 1.29 is 9.31 Å². The fourth-order valence-corrected chi connectivity index (χ4v) is 2.20. The molecule has 18 heavy (non-hydrogen) atoms. The summed E-state index contributed by atoms with van der Waals surface area (Å²) in [6.45, 7) is 8.29. The van der Waals surface area contributed by atoms with Gasteiger partial charge in [-0.2, -0.15) is 0 Å². The van der Waals surface area contributed by atoms with Gasteiger partial charge in [-0.25, -0.2) is 0 Å². The van der Waals surface area contributed by atoms with E-state index in [9.17, 15) is 0 Å². The van der Waals surface area contributed by atoms with Crippen LogP contribution in [0.25, 0.3) is 10.8 Å². The van der Waals surface area contributed by atoms with E-state index in [0.29, 0.717) is 0 Å². The first-order valence-electron chi connectivity index (χ1n) is 6.31. The Labute approximate surface area is 108 Å². The van der Waals surface area contributed by atoms with Crippen molar-refractivity contribution in [2.75, 3.05) is 0 Å². The molecule has 0 aliphatic carbocycles. The maximum atomic E-state index is 6.04. The first-order chi connectivity index (χ1) is 8.39. The SMILES string of the molecule is CC1(C)OB(c2ccc3c[nH]cc3c2)OC1(C)C. The molecule has 0 saturated carbocycles. The monoisotopic (exact) mass is 243 g/mol. The molecule has 2 heterocycles. The smallest absolute Gasteiger partial charge is 0.399 e. The zero-order valence-corrected chi connectivity index (χ0v) is 11.3. The number of aromatic nitrogens is 1. The van der Waals surface area contributed by atoms with Gasteiger partial charge in [0, 0.05) is 12.4 Å². The van der Waals surface area contributed by atoms with E-state index in [0.717, 1.165) is 5.46 Å². The highest BCUT2D eigenvalue weighted by Crippen LogP contribution is 2.36. The summed E-state index contributed by atoms with van der Waals surface area (Å²) in [6.07, 6.45) is 3.98. The van der Waals surface area contributed by atoms with Crippen LogP contribution in [0.5, 0.6) is 0 Å². The van der Waals surface area contributed by atoms with E-state index in [1.54, 1.807) is 0 Å². The predicted octanol–water partition coefficient (Wildman–Crippen LogP) is 2.47. The van der Waals surface area contributed by atoms with Crippen LogP contribution in [0.4, 0.5) is 0 Å². The molecule has 0 atom stereocenters. The summed E-state index contributed by atoms with van der Waals surface area (Å²) in [5.41, 5.74) is 0.496. The van der Waals surface area contributed by atoms with Crippen molar-refractivity contribution >= 4 is 23.4 Å². The summed E-state index contributed by atoms with van der Waals surface area (Å²) in [4.78, 5) is 3.11. The molecule has 1 aliphatic rings. The topological polar surface area (TPSA) is 34.2 Å². The van der Waals surface area contributed by atoms with Crippen LogP contribution in [-0.2, 0) is 9.31 Å². The van der Waals surface area contributed by atoms with Crippen LogP contribution in [-0.4, -0.2) is 23.3 Å². The molecule has 94 valence electrons. The second kappa shape index (κ2) is 3.62. The predicted molar refractivity (Wildman–Crippen MR) is 74.0 cm³/mol. The van der Waals surface area contributed by atoms with Gasteiger partial charge in [0.1, 0.15) is 0 Å². The van der Waals surface area contributed by atoms with Crippen molar-refractivity contribution in [3.8, 4) is 0 Å². The first-order valence-corrected chi connectivity index (χ1v) is 6.31. The van der Waals surface area contributed by atoms with Crippen LogP contribution >= 0.6 is 0 Å². The van der Waals surface area contributed by atoms with Gasteiger partial charge < -0.3 is 14.3 Å². The lowest BCUT2D eigenvalue weighted by Crippen LogP contribution is -2.41. The fraction of sp³-hybridized carbons (Fsp3) is 0.429. The normalized spacial score (nSPS) is 21.7.